The van der Waals surface area contributed by atoms with Crippen molar-refractivity contribution in [3.8, 4) is 0 Å². The minimum absolute atomic E-state index is 0.209. The fourth-order valence-electron chi connectivity index (χ4n) is 1.47. The van der Waals surface area contributed by atoms with E-state index in [2.05, 4.69) is 0 Å². The van der Waals surface area contributed by atoms with E-state index < -0.39 is 5.60 Å². The van der Waals surface area contributed by atoms with E-state index in [0.717, 1.165) is 18.3 Å². The van der Waals surface area contributed by atoms with Crippen molar-refractivity contribution < 1.29 is 19.1 Å². The Balaban J connectivity index is 3.84. The molecule has 0 radical (unpaired) electrons. The summed E-state index contributed by atoms with van der Waals surface area (Å²) in [5, 5.41) is 0. The second-order valence-electron chi connectivity index (χ2n) is 5.13. The van der Waals surface area contributed by atoms with E-state index in [-0.39, 0.29) is 12.4 Å². The molecule has 4 heteroatoms. The molecule has 0 unspecified atom stereocenters. The lowest BCUT2D eigenvalue weighted by molar-refractivity contribution is -0.154. The van der Waals surface area contributed by atoms with E-state index in [0.29, 0.717) is 25.5 Å². The number of hydrogen-bond donors (Lipinski definition) is 0. The number of rotatable bonds is 8. The van der Waals surface area contributed by atoms with Crippen molar-refractivity contribution in [1.82, 2.24) is 0 Å². The van der Waals surface area contributed by atoms with Gasteiger partial charge in [-0.25, -0.2) is 0 Å². The summed E-state index contributed by atoms with van der Waals surface area (Å²) in [6.07, 6.45) is 5.67. The van der Waals surface area contributed by atoms with E-state index in [1.54, 1.807) is 0 Å². The lowest BCUT2D eigenvalue weighted by Crippen LogP contribution is -2.23. The zero-order chi connectivity index (χ0) is 14.0. The number of aldehydes is 2. The van der Waals surface area contributed by atoms with Crippen LogP contribution in [0.5, 0.6) is 0 Å². The Morgan fingerprint density at radius 3 is 2.22 bits per heavy atom. The Hall–Kier alpha value is -1.45. The highest BCUT2D eigenvalue weighted by molar-refractivity contribution is 5.70. The van der Waals surface area contributed by atoms with Crippen LogP contribution in [0.3, 0.4) is 0 Å². The third-order valence-corrected chi connectivity index (χ3v) is 2.20. The average Bonchev–Trinajstić information content (AvgIpc) is 2.22. The molecule has 0 fully saturated rings. The van der Waals surface area contributed by atoms with Crippen LogP contribution in [-0.2, 0) is 19.1 Å². The zero-order valence-electron chi connectivity index (χ0n) is 11.4. The highest BCUT2D eigenvalue weighted by Crippen LogP contribution is 2.13. The van der Waals surface area contributed by atoms with Gasteiger partial charge in [-0.2, -0.15) is 0 Å². The van der Waals surface area contributed by atoms with Gasteiger partial charge >= 0.3 is 5.97 Å². The molecule has 0 aliphatic heterocycles. The van der Waals surface area contributed by atoms with Crippen LogP contribution in [-0.4, -0.2) is 24.1 Å². The van der Waals surface area contributed by atoms with Gasteiger partial charge in [0.2, 0.25) is 0 Å². The zero-order valence-corrected chi connectivity index (χ0v) is 11.4. The minimum Gasteiger partial charge on any atom is -0.460 e. The molecule has 0 heterocycles. The molecule has 0 aromatic carbocycles. The quantitative estimate of drug-likeness (QED) is 0.289. The Kier molecular flexibility index (Phi) is 7.92. The average molecular weight is 254 g/mol. The summed E-state index contributed by atoms with van der Waals surface area (Å²) in [6, 6.07) is 0. The molecule has 18 heavy (non-hydrogen) atoms. The summed E-state index contributed by atoms with van der Waals surface area (Å²) in [5.41, 5.74) is 0.362. The van der Waals surface area contributed by atoms with Crippen LogP contribution in [0.15, 0.2) is 11.6 Å². The highest BCUT2D eigenvalue weighted by atomic mass is 16.6. The van der Waals surface area contributed by atoms with Crippen molar-refractivity contribution >= 4 is 18.5 Å². The van der Waals surface area contributed by atoms with Gasteiger partial charge in [-0.3, -0.25) is 9.59 Å². The van der Waals surface area contributed by atoms with Crippen LogP contribution < -0.4 is 0 Å². The maximum atomic E-state index is 11.4. The number of ether oxygens (including phenoxy) is 1. The van der Waals surface area contributed by atoms with Gasteiger partial charge in [0, 0.05) is 12.8 Å². The van der Waals surface area contributed by atoms with Crippen LogP contribution >= 0.6 is 0 Å². The molecular formula is C14H22O4. The van der Waals surface area contributed by atoms with Crippen LogP contribution in [0.2, 0.25) is 0 Å². The molecule has 0 atom stereocenters. The van der Waals surface area contributed by atoms with Crippen molar-refractivity contribution in [1.29, 1.82) is 0 Å². The van der Waals surface area contributed by atoms with E-state index in [4.69, 9.17) is 4.74 Å². The van der Waals surface area contributed by atoms with Gasteiger partial charge in [0.15, 0.2) is 0 Å². The van der Waals surface area contributed by atoms with Gasteiger partial charge in [-0.15, -0.1) is 0 Å². The molecule has 0 aromatic heterocycles. The van der Waals surface area contributed by atoms with Gasteiger partial charge in [0.25, 0.3) is 0 Å². The predicted molar refractivity (Wildman–Crippen MR) is 69.1 cm³/mol. The molecule has 0 rings (SSSR count). The Bertz CT molecular complexity index is 310. The molecule has 0 aromatic rings. The fourth-order valence-corrected chi connectivity index (χ4v) is 1.47. The van der Waals surface area contributed by atoms with E-state index in [1.807, 2.05) is 20.8 Å². The number of unbranched alkanes of at least 4 members (excludes halogenated alkanes) is 1. The second-order valence-corrected chi connectivity index (χ2v) is 5.13. The van der Waals surface area contributed by atoms with Crippen LogP contribution in [0.4, 0.5) is 0 Å². The second kappa shape index (κ2) is 8.61. The summed E-state index contributed by atoms with van der Waals surface area (Å²) in [7, 11) is 0. The largest absolute Gasteiger partial charge is 0.460 e. The van der Waals surface area contributed by atoms with Crippen molar-refractivity contribution in [2.24, 2.45) is 0 Å². The first kappa shape index (κ1) is 16.6. The van der Waals surface area contributed by atoms with E-state index in [9.17, 15) is 14.4 Å². The van der Waals surface area contributed by atoms with Crippen molar-refractivity contribution in [2.75, 3.05) is 0 Å². The molecule has 0 aliphatic rings. The molecule has 0 spiro atoms. The summed E-state index contributed by atoms with van der Waals surface area (Å²) in [5.74, 6) is -0.209. The van der Waals surface area contributed by atoms with E-state index >= 15 is 0 Å². The summed E-state index contributed by atoms with van der Waals surface area (Å²) in [4.78, 5) is 32.1. The van der Waals surface area contributed by atoms with E-state index in [1.165, 1.54) is 6.08 Å². The smallest absolute Gasteiger partial charge is 0.306 e. The van der Waals surface area contributed by atoms with Crippen LogP contribution in [0.1, 0.15) is 52.9 Å². The molecule has 102 valence electrons. The van der Waals surface area contributed by atoms with Crippen LogP contribution in [0, 0.1) is 0 Å². The van der Waals surface area contributed by atoms with Crippen LogP contribution in [0.25, 0.3) is 0 Å². The summed E-state index contributed by atoms with van der Waals surface area (Å²) < 4.78 is 5.17. The third kappa shape index (κ3) is 9.75. The lowest BCUT2D eigenvalue weighted by atomic mass is 10.0. The molecule has 4 nitrogen and oxygen atoms in total. The number of esters is 1. The third-order valence-electron chi connectivity index (χ3n) is 2.20. The molecule has 0 aliphatic carbocycles. The number of allylic oxidation sites excluding steroid dienone is 2. The highest BCUT2D eigenvalue weighted by Gasteiger charge is 2.15. The molecule has 0 amide bonds. The SMILES string of the molecule is CC(C)(C)OC(=O)CCCCC(=CC=O)CC=O. The first-order valence-corrected chi connectivity index (χ1v) is 6.17. The van der Waals surface area contributed by atoms with Gasteiger partial charge in [0.1, 0.15) is 18.2 Å². The Morgan fingerprint density at radius 2 is 1.72 bits per heavy atom. The van der Waals surface area contributed by atoms with Gasteiger partial charge in [0.05, 0.1) is 0 Å². The standard InChI is InChI=1S/C14H22O4/c1-14(2,3)18-13(17)7-5-4-6-12(8-10-15)9-11-16/h8,10-11H,4-7,9H2,1-3H3. The van der Waals surface area contributed by atoms with Gasteiger partial charge in [-0.1, -0.05) is 5.57 Å². The monoisotopic (exact) mass is 254 g/mol. The number of carbonyl (C=O) groups excluding carboxylic acids is 3. The van der Waals surface area contributed by atoms with Gasteiger partial charge in [-0.05, 0) is 46.1 Å². The lowest BCUT2D eigenvalue weighted by Gasteiger charge is -2.19. The van der Waals surface area contributed by atoms with Gasteiger partial charge < -0.3 is 9.53 Å². The number of carbonyl (C=O) groups is 3. The van der Waals surface area contributed by atoms with Crippen molar-refractivity contribution in [3.05, 3.63) is 11.6 Å². The molecule has 0 bridgehead atoms. The van der Waals surface area contributed by atoms with Crippen molar-refractivity contribution in [3.63, 3.8) is 0 Å². The molecule has 0 N–H and O–H groups in total. The maximum Gasteiger partial charge on any atom is 0.306 e. The minimum atomic E-state index is -0.447. The topological polar surface area (TPSA) is 60.4 Å². The first-order valence-electron chi connectivity index (χ1n) is 6.17. The Morgan fingerprint density at radius 1 is 1.11 bits per heavy atom. The Labute approximate surface area is 108 Å². The first-order chi connectivity index (χ1) is 8.39. The summed E-state index contributed by atoms with van der Waals surface area (Å²) in [6.45, 7) is 5.50. The maximum absolute atomic E-state index is 11.4. The molecule has 0 saturated heterocycles. The molecular weight excluding hydrogens is 232 g/mol. The number of hydrogen-bond acceptors (Lipinski definition) is 4. The fraction of sp³-hybridized carbons (Fsp3) is 0.643. The molecule has 0 saturated carbocycles. The van der Waals surface area contributed by atoms with Crippen molar-refractivity contribution in [2.45, 2.75) is 58.5 Å². The summed E-state index contributed by atoms with van der Waals surface area (Å²) >= 11 is 0. The predicted octanol–water partition coefficient (Wildman–Crippen LogP) is 2.60. The normalized spacial score (nSPS) is 12.1.